The predicted octanol–water partition coefficient (Wildman–Crippen LogP) is 2.17. The summed E-state index contributed by atoms with van der Waals surface area (Å²) < 4.78 is 2.65. The maximum atomic E-state index is 10.6. The SMILES string of the molecule is CCCC(O)(CN)c1c(Br)cnn1C(C)C. The summed E-state index contributed by atoms with van der Waals surface area (Å²) in [6, 6.07) is 0.205. The molecule has 0 aliphatic rings. The molecule has 4 nitrogen and oxygen atoms in total. The number of aromatic nitrogens is 2. The number of aliphatic hydroxyl groups is 1. The number of halogens is 1. The van der Waals surface area contributed by atoms with Gasteiger partial charge in [-0.2, -0.15) is 5.10 Å². The van der Waals surface area contributed by atoms with E-state index in [0.29, 0.717) is 6.42 Å². The first-order chi connectivity index (χ1) is 7.46. The van der Waals surface area contributed by atoms with Crippen molar-refractivity contribution in [2.24, 2.45) is 5.73 Å². The molecule has 1 atom stereocenters. The molecule has 92 valence electrons. The Balaban J connectivity index is 3.22. The molecule has 16 heavy (non-hydrogen) atoms. The lowest BCUT2D eigenvalue weighted by molar-refractivity contribution is 0.0250. The second-order valence-electron chi connectivity index (χ2n) is 4.37. The first kappa shape index (κ1) is 13.7. The first-order valence-corrected chi connectivity index (χ1v) is 6.41. The molecule has 1 heterocycles. The minimum Gasteiger partial charge on any atom is -0.382 e. The van der Waals surface area contributed by atoms with Crippen molar-refractivity contribution in [2.75, 3.05) is 6.54 Å². The van der Waals surface area contributed by atoms with E-state index in [9.17, 15) is 5.11 Å². The van der Waals surface area contributed by atoms with Crippen LogP contribution in [0.4, 0.5) is 0 Å². The smallest absolute Gasteiger partial charge is 0.119 e. The van der Waals surface area contributed by atoms with E-state index in [1.54, 1.807) is 6.20 Å². The van der Waals surface area contributed by atoms with E-state index in [-0.39, 0.29) is 12.6 Å². The van der Waals surface area contributed by atoms with E-state index in [2.05, 4.69) is 21.0 Å². The topological polar surface area (TPSA) is 64.1 Å². The summed E-state index contributed by atoms with van der Waals surface area (Å²) in [6.45, 7) is 6.31. The quantitative estimate of drug-likeness (QED) is 0.873. The molecule has 0 saturated carbocycles. The van der Waals surface area contributed by atoms with Gasteiger partial charge >= 0.3 is 0 Å². The first-order valence-electron chi connectivity index (χ1n) is 5.62. The minimum atomic E-state index is -0.992. The zero-order chi connectivity index (χ0) is 12.3. The van der Waals surface area contributed by atoms with Crippen LogP contribution in [0, 0.1) is 0 Å². The van der Waals surface area contributed by atoms with Crippen LogP contribution in [0.5, 0.6) is 0 Å². The van der Waals surface area contributed by atoms with Crippen molar-refractivity contribution in [3.05, 3.63) is 16.4 Å². The van der Waals surface area contributed by atoms with Crippen molar-refractivity contribution in [3.63, 3.8) is 0 Å². The molecular weight excluding hydrogens is 270 g/mol. The number of hydrogen-bond donors (Lipinski definition) is 2. The fraction of sp³-hybridized carbons (Fsp3) is 0.727. The summed E-state index contributed by atoms with van der Waals surface area (Å²) in [5.41, 5.74) is 5.50. The summed E-state index contributed by atoms with van der Waals surface area (Å²) in [4.78, 5) is 0. The van der Waals surface area contributed by atoms with E-state index < -0.39 is 5.60 Å². The lowest BCUT2D eigenvalue weighted by Gasteiger charge is -2.28. The second kappa shape index (κ2) is 5.29. The van der Waals surface area contributed by atoms with E-state index in [1.165, 1.54) is 0 Å². The summed E-state index contributed by atoms with van der Waals surface area (Å²) in [5, 5.41) is 14.8. The molecule has 0 spiro atoms. The average molecular weight is 290 g/mol. The summed E-state index contributed by atoms with van der Waals surface area (Å²) in [6.07, 6.45) is 3.23. The van der Waals surface area contributed by atoms with Crippen LogP contribution in [0.3, 0.4) is 0 Å². The molecule has 1 rings (SSSR count). The second-order valence-corrected chi connectivity index (χ2v) is 5.22. The molecule has 0 aliphatic heterocycles. The zero-order valence-corrected chi connectivity index (χ0v) is 11.7. The third-order valence-electron chi connectivity index (χ3n) is 2.68. The van der Waals surface area contributed by atoms with Gasteiger partial charge in [-0.05, 0) is 36.2 Å². The van der Waals surface area contributed by atoms with Gasteiger partial charge in [0, 0.05) is 12.6 Å². The normalized spacial score (nSPS) is 15.4. The van der Waals surface area contributed by atoms with E-state index >= 15 is 0 Å². The Morgan fingerprint density at radius 3 is 2.69 bits per heavy atom. The van der Waals surface area contributed by atoms with Crippen LogP contribution in [0.2, 0.25) is 0 Å². The number of rotatable bonds is 5. The average Bonchev–Trinajstić information content (AvgIpc) is 2.61. The van der Waals surface area contributed by atoms with Gasteiger partial charge < -0.3 is 10.8 Å². The largest absolute Gasteiger partial charge is 0.382 e. The molecule has 5 heteroatoms. The van der Waals surface area contributed by atoms with Gasteiger partial charge in [0.1, 0.15) is 5.60 Å². The van der Waals surface area contributed by atoms with Crippen molar-refractivity contribution in [1.82, 2.24) is 9.78 Å². The zero-order valence-electron chi connectivity index (χ0n) is 10.1. The van der Waals surface area contributed by atoms with Crippen molar-refractivity contribution >= 4 is 15.9 Å². The van der Waals surface area contributed by atoms with Gasteiger partial charge in [0.05, 0.1) is 16.4 Å². The molecule has 1 aromatic heterocycles. The Kier molecular flexibility index (Phi) is 4.52. The van der Waals surface area contributed by atoms with E-state index in [1.807, 2.05) is 25.5 Å². The molecule has 0 amide bonds. The molecule has 1 unspecified atom stereocenters. The van der Waals surface area contributed by atoms with Crippen LogP contribution in [0.1, 0.15) is 45.3 Å². The van der Waals surface area contributed by atoms with Gasteiger partial charge in [0.25, 0.3) is 0 Å². The highest BCUT2D eigenvalue weighted by atomic mass is 79.9. The minimum absolute atomic E-state index is 0.205. The lowest BCUT2D eigenvalue weighted by Crippen LogP contribution is -2.37. The molecule has 0 bridgehead atoms. The van der Waals surface area contributed by atoms with Gasteiger partial charge in [-0.25, -0.2) is 0 Å². The Bertz CT molecular complexity index is 351. The molecule has 0 fully saturated rings. The molecular formula is C11H20BrN3O. The predicted molar refractivity (Wildman–Crippen MR) is 68.2 cm³/mol. The fourth-order valence-electron chi connectivity index (χ4n) is 1.90. The van der Waals surface area contributed by atoms with Crippen LogP contribution in [-0.2, 0) is 5.60 Å². The maximum absolute atomic E-state index is 10.6. The van der Waals surface area contributed by atoms with Crippen LogP contribution < -0.4 is 5.73 Å². The standard InChI is InChI=1S/C11H20BrN3O/c1-4-5-11(16,7-13)10-9(12)6-14-15(10)8(2)3/h6,8,16H,4-5,7,13H2,1-3H3. The summed E-state index contributed by atoms with van der Waals surface area (Å²) >= 11 is 3.43. The third-order valence-corrected chi connectivity index (χ3v) is 3.26. The summed E-state index contributed by atoms with van der Waals surface area (Å²) in [7, 11) is 0. The molecule has 0 aromatic carbocycles. The highest BCUT2D eigenvalue weighted by Gasteiger charge is 2.33. The van der Waals surface area contributed by atoms with E-state index in [4.69, 9.17) is 5.73 Å². The lowest BCUT2D eigenvalue weighted by atomic mass is 9.94. The van der Waals surface area contributed by atoms with Gasteiger partial charge in [0.2, 0.25) is 0 Å². The Morgan fingerprint density at radius 2 is 2.25 bits per heavy atom. The van der Waals surface area contributed by atoms with Crippen LogP contribution in [-0.4, -0.2) is 21.4 Å². The van der Waals surface area contributed by atoms with Gasteiger partial charge in [-0.15, -0.1) is 0 Å². The van der Waals surface area contributed by atoms with Crippen LogP contribution in [0.15, 0.2) is 10.7 Å². The van der Waals surface area contributed by atoms with Crippen LogP contribution >= 0.6 is 15.9 Å². The molecule has 0 aliphatic carbocycles. The Morgan fingerprint density at radius 1 is 1.62 bits per heavy atom. The van der Waals surface area contributed by atoms with E-state index in [0.717, 1.165) is 16.6 Å². The third kappa shape index (κ3) is 2.47. The number of nitrogens with two attached hydrogens (primary N) is 1. The number of nitrogens with zero attached hydrogens (tertiary/aromatic N) is 2. The van der Waals surface area contributed by atoms with Crippen LogP contribution in [0.25, 0.3) is 0 Å². The van der Waals surface area contributed by atoms with Crippen molar-refractivity contribution < 1.29 is 5.11 Å². The van der Waals surface area contributed by atoms with Gasteiger partial charge in [-0.3, -0.25) is 4.68 Å². The monoisotopic (exact) mass is 289 g/mol. The van der Waals surface area contributed by atoms with Crippen molar-refractivity contribution in [2.45, 2.75) is 45.3 Å². The van der Waals surface area contributed by atoms with Crippen molar-refractivity contribution in [3.8, 4) is 0 Å². The highest BCUT2D eigenvalue weighted by molar-refractivity contribution is 9.10. The Hall–Kier alpha value is -0.390. The summed E-state index contributed by atoms with van der Waals surface area (Å²) in [5.74, 6) is 0. The maximum Gasteiger partial charge on any atom is 0.119 e. The Labute approximate surface area is 105 Å². The van der Waals surface area contributed by atoms with Crippen molar-refractivity contribution in [1.29, 1.82) is 0 Å². The molecule has 0 saturated heterocycles. The molecule has 0 radical (unpaired) electrons. The molecule has 3 N–H and O–H groups in total. The highest BCUT2D eigenvalue weighted by Crippen LogP contribution is 2.33. The van der Waals surface area contributed by atoms with Gasteiger partial charge in [-0.1, -0.05) is 13.3 Å². The number of hydrogen-bond acceptors (Lipinski definition) is 3. The molecule has 1 aromatic rings. The van der Waals surface area contributed by atoms with Gasteiger partial charge in [0.15, 0.2) is 0 Å². The fourth-order valence-corrected chi connectivity index (χ4v) is 2.54.